The third-order valence-electron chi connectivity index (χ3n) is 5.24. The summed E-state index contributed by atoms with van der Waals surface area (Å²) in [5.41, 5.74) is 0.398. The molecule has 0 saturated heterocycles. The molecule has 3 rings (SSSR count). The van der Waals surface area contributed by atoms with Gasteiger partial charge in [-0.2, -0.15) is 0 Å². The zero-order valence-corrected chi connectivity index (χ0v) is 17.5. The number of rotatable bonds is 4. The molecule has 0 atom stereocenters. The second-order valence-electron chi connectivity index (χ2n) is 9.03. The highest BCUT2D eigenvalue weighted by molar-refractivity contribution is 7.15. The van der Waals surface area contributed by atoms with Crippen molar-refractivity contribution in [3.05, 3.63) is 15.8 Å². The van der Waals surface area contributed by atoms with Gasteiger partial charge in [-0.25, -0.2) is 4.79 Å². The van der Waals surface area contributed by atoms with Crippen LogP contribution >= 0.6 is 11.3 Å². The average molecular weight is 388 g/mol. The van der Waals surface area contributed by atoms with Crippen molar-refractivity contribution in [3.63, 3.8) is 0 Å². The second-order valence-corrected chi connectivity index (χ2v) is 10.1. The molecule has 2 aliphatic rings. The van der Waals surface area contributed by atoms with Crippen LogP contribution in [0.2, 0.25) is 0 Å². The number of carboxylic acid groups (broad SMARTS) is 1. The van der Waals surface area contributed by atoms with Crippen molar-refractivity contribution < 1.29 is 14.7 Å². The van der Waals surface area contributed by atoms with Crippen LogP contribution in [-0.4, -0.2) is 23.0 Å². The van der Waals surface area contributed by atoms with Crippen LogP contribution in [0.5, 0.6) is 0 Å². The molecule has 1 aromatic rings. The van der Waals surface area contributed by atoms with Crippen molar-refractivity contribution in [2.45, 2.75) is 72.3 Å². The van der Waals surface area contributed by atoms with Gasteiger partial charge in [-0.1, -0.05) is 18.8 Å². The van der Waals surface area contributed by atoms with Gasteiger partial charge in [-0.05, 0) is 71.3 Å². The van der Waals surface area contributed by atoms with E-state index in [4.69, 9.17) is 0 Å². The Morgan fingerprint density at radius 3 is 2.30 bits per heavy atom. The molecular weight excluding hydrogens is 358 g/mol. The maximum Gasteiger partial charge on any atom is 0.348 e. The number of anilines is 1. The van der Waals surface area contributed by atoms with Crippen LogP contribution in [0.25, 0.3) is 0 Å². The molecule has 1 N–H and O–H groups in total. The molecule has 4 nitrogen and oxygen atoms in total. The SMILES string of the molecule is CC(C)(C)C#Cc1cc(N(C(=O)[C@H]2CC[C@H](C)CC2)C2CC2)c(C(=O)O)s1. The molecule has 2 saturated carbocycles. The van der Waals surface area contributed by atoms with Crippen LogP contribution in [0, 0.1) is 29.1 Å². The van der Waals surface area contributed by atoms with E-state index in [1.807, 2.05) is 26.8 Å². The van der Waals surface area contributed by atoms with Crippen molar-refractivity contribution >= 4 is 28.9 Å². The zero-order chi connectivity index (χ0) is 19.8. The molecule has 0 spiro atoms. The average Bonchev–Trinajstić information content (AvgIpc) is 3.32. The maximum absolute atomic E-state index is 13.3. The van der Waals surface area contributed by atoms with E-state index in [1.165, 1.54) is 11.3 Å². The Labute approximate surface area is 166 Å². The Kier molecular flexibility index (Phi) is 5.67. The first-order chi connectivity index (χ1) is 12.7. The molecular formula is C22H29NO3S. The van der Waals surface area contributed by atoms with Gasteiger partial charge in [0.1, 0.15) is 4.88 Å². The van der Waals surface area contributed by atoms with E-state index in [2.05, 4.69) is 18.8 Å². The van der Waals surface area contributed by atoms with E-state index in [-0.39, 0.29) is 28.2 Å². The van der Waals surface area contributed by atoms with Crippen LogP contribution in [0.3, 0.4) is 0 Å². The normalized spacial score (nSPS) is 22.7. The van der Waals surface area contributed by atoms with E-state index in [1.54, 1.807) is 4.90 Å². The minimum absolute atomic E-state index is 0.0208. The fourth-order valence-electron chi connectivity index (χ4n) is 3.56. The quantitative estimate of drug-likeness (QED) is 0.726. The predicted molar refractivity (Wildman–Crippen MR) is 109 cm³/mol. The number of aromatic carboxylic acids is 1. The summed E-state index contributed by atoms with van der Waals surface area (Å²) in [5.74, 6) is 6.10. The number of nitrogens with zero attached hydrogens (tertiary/aromatic N) is 1. The predicted octanol–water partition coefficient (Wildman–Crippen LogP) is 5.17. The Balaban J connectivity index is 1.92. The van der Waals surface area contributed by atoms with Crippen LogP contribution in [0.1, 0.15) is 80.8 Å². The molecule has 1 amide bonds. The number of carbonyl (C=O) groups excluding carboxylic acids is 1. The van der Waals surface area contributed by atoms with E-state index in [0.717, 1.165) is 38.5 Å². The molecule has 0 aliphatic heterocycles. The number of amides is 1. The number of thiophene rings is 1. The fraction of sp³-hybridized carbons (Fsp3) is 0.636. The topological polar surface area (TPSA) is 57.6 Å². The highest BCUT2D eigenvalue weighted by Gasteiger charge is 2.40. The van der Waals surface area contributed by atoms with Gasteiger partial charge >= 0.3 is 5.97 Å². The lowest BCUT2D eigenvalue weighted by atomic mass is 9.82. The zero-order valence-electron chi connectivity index (χ0n) is 16.7. The summed E-state index contributed by atoms with van der Waals surface area (Å²) in [6.07, 6.45) is 5.87. The number of carbonyl (C=O) groups is 2. The molecule has 2 fully saturated rings. The highest BCUT2D eigenvalue weighted by Crippen LogP contribution is 2.40. The van der Waals surface area contributed by atoms with Crippen molar-refractivity contribution in [1.29, 1.82) is 0 Å². The van der Waals surface area contributed by atoms with Gasteiger partial charge in [0.05, 0.1) is 10.6 Å². The minimum atomic E-state index is -0.977. The Bertz CT molecular complexity index is 781. The second kappa shape index (κ2) is 7.67. The molecule has 0 bridgehead atoms. The fourth-order valence-corrected chi connectivity index (χ4v) is 4.40. The molecule has 146 valence electrons. The van der Waals surface area contributed by atoms with Gasteiger partial charge in [0.25, 0.3) is 0 Å². The molecule has 0 radical (unpaired) electrons. The van der Waals surface area contributed by atoms with Gasteiger partial charge in [0.15, 0.2) is 0 Å². The van der Waals surface area contributed by atoms with Crippen molar-refractivity contribution in [3.8, 4) is 11.8 Å². The molecule has 1 heterocycles. The summed E-state index contributed by atoms with van der Waals surface area (Å²) in [6.45, 7) is 8.31. The molecule has 1 aromatic heterocycles. The summed E-state index contributed by atoms with van der Waals surface area (Å²) >= 11 is 1.18. The summed E-state index contributed by atoms with van der Waals surface area (Å²) in [5, 5.41) is 9.71. The third kappa shape index (κ3) is 4.93. The summed E-state index contributed by atoms with van der Waals surface area (Å²) in [7, 11) is 0. The standard InChI is InChI=1S/C22H29NO3S/c1-14-5-7-15(8-6-14)20(24)23(16-9-10-16)18-13-17(11-12-22(2,3)4)27-19(18)21(25)26/h13-16H,5-10H2,1-4H3,(H,25,26)/t14-,15-. The van der Waals surface area contributed by atoms with Crippen molar-refractivity contribution in [1.82, 2.24) is 0 Å². The van der Waals surface area contributed by atoms with Gasteiger partial charge in [0.2, 0.25) is 5.91 Å². The lowest BCUT2D eigenvalue weighted by molar-refractivity contribution is -0.123. The van der Waals surface area contributed by atoms with E-state index < -0.39 is 5.97 Å². The first-order valence-corrected chi connectivity index (χ1v) is 10.7. The van der Waals surface area contributed by atoms with E-state index >= 15 is 0 Å². The monoisotopic (exact) mass is 387 g/mol. The first kappa shape index (κ1) is 19.9. The Morgan fingerprint density at radius 2 is 1.78 bits per heavy atom. The number of carboxylic acids is 1. The third-order valence-corrected chi connectivity index (χ3v) is 6.27. The number of hydrogen-bond acceptors (Lipinski definition) is 3. The summed E-state index contributed by atoms with van der Waals surface area (Å²) < 4.78 is 0. The Hall–Kier alpha value is -1.80. The van der Waals surface area contributed by atoms with Gasteiger partial charge in [-0.15, -0.1) is 11.3 Å². The van der Waals surface area contributed by atoms with Gasteiger partial charge in [-0.3, -0.25) is 4.79 Å². The molecule has 0 aromatic carbocycles. The largest absolute Gasteiger partial charge is 0.477 e. The molecule has 0 unspecified atom stereocenters. The van der Waals surface area contributed by atoms with E-state index in [9.17, 15) is 14.7 Å². The summed E-state index contributed by atoms with van der Waals surface area (Å²) in [6, 6.07) is 1.96. The minimum Gasteiger partial charge on any atom is -0.477 e. The smallest absolute Gasteiger partial charge is 0.348 e. The highest BCUT2D eigenvalue weighted by atomic mass is 32.1. The van der Waals surface area contributed by atoms with Crippen LogP contribution in [0.15, 0.2) is 6.07 Å². The molecule has 2 aliphatic carbocycles. The first-order valence-electron chi connectivity index (χ1n) is 9.89. The van der Waals surface area contributed by atoms with E-state index in [0.29, 0.717) is 16.5 Å². The lowest BCUT2D eigenvalue weighted by Gasteiger charge is -2.31. The summed E-state index contributed by atoms with van der Waals surface area (Å²) in [4.78, 5) is 27.9. The number of hydrogen-bond donors (Lipinski definition) is 1. The van der Waals surface area contributed by atoms with Gasteiger partial charge in [0, 0.05) is 17.4 Å². The van der Waals surface area contributed by atoms with Gasteiger partial charge < -0.3 is 10.0 Å². The van der Waals surface area contributed by atoms with Crippen LogP contribution in [-0.2, 0) is 4.79 Å². The van der Waals surface area contributed by atoms with Crippen molar-refractivity contribution in [2.75, 3.05) is 4.90 Å². The van der Waals surface area contributed by atoms with Crippen molar-refractivity contribution in [2.24, 2.45) is 17.3 Å². The maximum atomic E-state index is 13.3. The van der Waals surface area contributed by atoms with Crippen LogP contribution in [0.4, 0.5) is 5.69 Å². The molecule has 5 heteroatoms. The lowest BCUT2D eigenvalue weighted by Crippen LogP contribution is -2.39. The molecule has 27 heavy (non-hydrogen) atoms. The van der Waals surface area contributed by atoms with Crippen LogP contribution < -0.4 is 4.90 Å². The Morgan fingerprint density at radius 1 is 1.15 bits per heavy atom.